The molecule has 2 N–H and O–H groups in total. The second kappa shape index (κ2) is 7.26. The van der Waals surface area contributed by atoms with E-state index in [1.54, 1.807) is 39.1 Å². The van der Waals surface area contributed by atoms with Crippen molar-refractivity contribution in [2.45, 2.75) is 45.3 Å². The number of nitrogens with one attached hydrogen (secondary N) is 1. The topological polar surface area (TPSA) is 88.5 Å². The lowest BCUT2D eigenvalue weighted by molar-refractivity contribution is -0.137. The summed E-state index contributed by atoms with van der Waals surface area (Å²) in [6, 6.07) is 2.77. The molecule has 1 amide bonds. The molecule has 0 bridgehead atoms. The first-order valence-electron chi connectivity index (χ1n) is 6.47. The Hall–Kier alpha value is -1.82. The predicted molar refractivity (Wildman–Crippen MR) is 78.4 cm³/mol. The number of pyridine rings is 1. The summed E-state index contributed by atoms with van der Waals surface area (Å²) in [4.78, 5) is 26.5. The van der Waals surface area contributed by atoms with Crippen molar-refractivity contribution < 1.29 is 19.4 Å². The first kappa shape index (κ1) is 17.2. The van der Waals surface area contributed by atoms with Crippen molar-refractivity contribution in [2.75, 3.05) is 0 Å². The molecular formula is C14H19ClN2O4. The number of rotatable bonds is 5. The zero-order chi connectivity index (χ0) is 16.0. The van der Waals surface area contributed by atoms with Gasteiger partial charge in [-0.1, -0.05) is 17.7 Å². The van der Waals surface area contributed by atoms with Crippen molar-refractivity contribution in [3.8, 4) is 0 Å². The van der Waals surface area contributed by atoms with Crippen molar-refractivity contribution in [1.82, 2.24) is 10.3 Å². The van der Waals surface area contributed by atoms with E-state index in [2.05, 4.69) is 10.3 Å². The third-order valence-corrected chi connectivity index (χ3v) is 2.64. The number of carboxylic acids is 1. The number of aliphatic carboxylic acids is 1. The quantitative estimate of drug-likeness (QED) is 0.816. The van der Waals surface area contributed by atoms with Gasteiger partial charge >= 0.3 is 12.1 Å². The summed E-state index contributed by atoms with van der Waals surface area (Å²) in [5.41, 5.74) is 0.140. The number of amides is 1. The van der Waals surface area contributed by atoms with Crippen LogP contribution < -0.4 is 5.32 Å². The summed E-state index contributed by atoms with van der Waals surface area (Å²) in [5, 5.41) is 11.8. The Morgan fingerprint density at radius 1 is 1.43 bits per heavy atom. The molecule has 0 aliphatic carbocycles. The maximum atomic E-state index is 11.7. The lowest BCUT2D eigenvalue weighted by Gasteiger charge is -2.23. The molecule has 0 fully saturated rings. The highest BCUT2D eigenvalue weighted by Gasteiger charge is 2.21. The van der Waals surface area contributed by atoms with Gasteiger partial charge in [-0.15, -0.1) is 0 Å². The zero-order valence-corrected chi connectivity index (χ0v) is 13.0. The van der Waals surface area contributed by atoms with Gasteiger partial charge in [0.2, 0.25) is 0 Å². The van der Waals surface area contributed by atoms with Crippen LogP contribution in [0.1, 0.15) is 32.8 Å². The van der Waals surface area contributed by atoms with Gasteiger partial charge in [0.1, 0.15) is 10.8 Å². The minimum atomic E-state index is -1.00. The normalized spacial score (nSPS) is 12.6. The Balaban J connectivity index is 2.69. The molecule has 0 aromatic carbocycles. The molecule has 6 nitrogen and oxygen atoms in total. The number of alkyl carbamates (subject to hydrolysis) is 1. The van der Waals surface area contributed by atoms with Crippen molar-refractivity contribution in [3.05, 3.63) is 29.0 Å². The molecule has 1 atom stereocenters. The Morgan fingerprint density at radius 3 is 2.57 bits per heavy atom. The van der Waals surface area contributed by atoms with E-state index in [4.69, 9.17) is 21.4 Å². The number of halogens is 1. The largest absolute Gasteiger partial charge is 0.481 e. The minimum absolute atomic E-state index is 0.206. The van der Waals surface area contributed by atoms with E-state index in [1.165, 1.54) is 0 Å². The Bertz CT molecular complexity index is 497. The highest BCUT2D eigenvalue weighted by molar-refractivity contribution is 6.29. The number of hydrogen-bond acceptors (Lipinski definition) is 4. The maximum absolute atomic E-state index is 11.7. The first-order valence-corrected chi connectivity index (χ1v) is 6.85. The molecule has 21 heavy (non-hydrogen) atoms. The smallest absolute Gasteiger partial charge is 0.407 e. The maximum Gasteiger partial charge on any atom is 0.407 e. The minimum Gasteiger partial charge on any atom is -0.481 e. The first-order chi connectivity index (χ1) is 9.65. The second-order valence-corrected chi connectivity index (χ2v) is 6.02. The van der Waals surface area contributed by atoms with Crippen LogP contribution in [0.5, 0.6) is 0 Å². The lowest BCUT2D eigenvalue weighted by atomic mass is 10.1. The monoisotopic (exact) mass is 314 g/mol. The van der Waals surface area contributed by atoms with Crippen molar-refractivity contribution >= 4 is 23.7 Å². The molecule has 1 unspecified atom stereocenters. The van der Waals surface area contributed by atoms with Gasteiger partial charge in [-0.25, -0.2) is 9.78 Å². The number of carbonyl (C=O) groups is 2. The van der Waals surface area contributed by atoms with E-state index >= 15 is 0 Å². The molecule has 7 heteroatoms. The molecular weight excluding hydrogens is 296 g/mol. The van der Waals surface area contributed by atoms with Crippen LogP contribution in [0.4, 0.5) is 4.79 Å². The average molecular weight is 315 g/mol. The molecule has 0 radical (unpaired) electrons. The predicted octanol–water partition coefficient (Wildman–Crippen LogP) is 2.65. The second-order valence-electron chi connectivity index (χ2n) is 5.63. The fourth-order valence-electron chi connectivity index (χ4n) is 1.67. The highest BCUT2D eigenvalue weighted by atomic mass is 35.5. The van der Waals surface area contributed by atoms with Crippen LogP contribution in [0.2, 0.25) is 5.15 Å². The molecule has 1 rings (SSSR count). The van der Waals surface area contributed by atoms with Crippen LogP contribution in [0.15, 0.2) is 18.3 Å². The number of nitrogens with zero attached hydrogens (tertiary/aromatic N) is 1. The van der Waals surface area contributed by atoms with Gasteiger partial charge in [0.15, 0.2) is 0 Å². The van der Waals surface area contributed by atoms with Crippen molar-refractivity contribution in [3.63, 3.8) is 0 Å². The number of aromatic nitrogens is 1. The van der Waals surface area contributed by atoms with E-state index in [-0.39, 0.29) is 6.42 Å². The Kier molecular flexibility index (Phi) is 5.96. The van der Waals surface area contributed by atoms with Gasteiger partial charge < -0.3 is 15.2 Å². The van der Waals surface area contributed by atoms with Crippen molar-refractivity contribution in [2.24, 2.45) is 0 Å². The van der Waals surface area contributed by atoms with E-state index in [1.807, 2.05) is 0 Å². The zero-order valence-electron chi connectivity index (χ0n) is 12.2. The number of carbonyl (C=O) groups excluding carboxylic acids is 1. The Labute approximate surface area is 128 Å². The third-order valence-electron chi connectivity index (χ3n) is 2.41. The molecule has 0 saturated carbocycles. The summed E-state index contributed by atoms with van der Waals surface area (Å²) < 4.78 is 5.13. The fraction of sp³-hybridized carbons (Fsp3) is 0.500. The standard InChI is InChI=1S/C14H19ClN2O4/c1-14(2,3)21-13(20)17-10(7-12(18)19)6-9-4-5-11(15)16-8-9/h4-5,8,10H,6-7H2,1-3H3,(H,17,20)(H,18,19). The van der Waals surface area contributed by atoms with Crippen LogP contribution in [-0.4, -0.2) is 33.8 Å². The van der Waals surface area contributed by atoms with Crippen LogP contribution in [-0.2, 0) is 16.0 Å². The molecule has 0 saturated heterocycles. The van der Waals surface area contributed by atoms with Gasteiger partial charge in [-0.05, 0) is 38.8 Å². The summed E-state index contributed by atoms with van der Waals surface area (Å²) in [5.74, 6) is -1.00. The molecule has 1 aromatic heterocycles. The third kappa shape index (κ3) is 7.51. The lowest BCUT2D eigenvalue weighted by Crippen LogP contribution is -2.41. The highest BCUT2D eigenvalue weighted by Crippen LogP contribution is 2.11. The van der Waals surface area contributed by atoms with Crippen LogP contribution in [0, 0.1) is 0 Å². The van der Waals surface area contributed by atoms with Crippen LogP contribution in [0.25, 0.3) is 0 Å². The van der Waals surface area contributed by atoms with E-state index < -0.39 is 23.7 Å². The van der Waals surface area contributed by atoms with E-state index in [9.17, 15) is 9.59 Å². The average Bonchev–Trinajstić information content (AvgIpc) is 2.28. The van der Waals surface area contributed by atoms with Gasteiger partial charge in [-0.2, -0.15) is 0 Å². The molecule has 0 aliphatic heterocycles. The summed E-state index contributed by atoms with van der Waals surface area (Å²) in [6.07, 6.45) is 1.03. The number of ether oxygens (including phenoxy) is 1. The molecule has 0 spiro atoms. The Morgan fingerprint density at radius 2 is 2.10 bits per heavy atom. The van der Waals surface area contributed by atoms with Crippen molar-refractivity contribution in [1.29, 1.82) is 0 Å². The molecule has 116 valence electrons. The fourth-order valence-corrected chi connectivity index (χ4v) is 1.78. The molecule has 0 aliphatic rings. The molecule has 1 heterocycles. The number of carboxylic acid groups (broad SMARTS) is 1. The summed E-state index contributed by atoms with van der Waals surface area (Å²) >= 11 is 5.69. The summed E-state index contributed by atoms with van der Waals surface area (Å²) in [7, 11) is 0. The van der Waals surface area contributed by atoms with E-state index in [0.717, 1.165) is 5.56 Å². The van der Waals surface area contributed by atoms with Crippen LogP contribution in [0.3, 0.4) is 0 Å². The van der Waals surface area contributed by atoms with Gasteiger partial charge in [0.05, 0.1) is 6.42 Å². The van der Waals surface area contributed by atoms with Gasteiger partial charge in [0, 0.05) is 12.2 Å². The molecule has 1 aromatic rings. The SMILES string of the molecule is CC(C)(C)OC(=O)NC(CC(=O)O)Cc1ccc(Cl)nc1. The van der Waals surface area contributed by atoms with Gasteiger partial charge in [0.25, 0.3) is 0 Å². The summed E-state index contributed by atoms with van der Waals surface area (Å²) in [6.45, 7) is 5.21. The number of hydrogen-bond donors (Lipinski definition) is 2. The van der Waals surface area contributed by atoms with Crippen LogP contribution >= 0.6 is 11.6 Å². The van der Waals surface area contributed by atoms with Gasteiger partial charge in [-0.3, -0.25) is 4.79 Å². The van der Waals surface area contributed by atoms with E-state index in [0.29, 0.717) is 11.6 Å².